The number of carboxylic acid groups (broad SMARTS) is 1. The van der Waals surface area contributed by atoms with Gasteiger partial charge in [-0.2, -0.15) is 0 Å². The Bertz CT molecular complexity index is 436. The molecule has 1 aromatic carbocycles. The van der Waals surface area contributed by atoms with Gasteiger partial charge in [-0.05, 0) is 30.9 Å². The van der Waals surface area contributed by atoms with E-state index < -0.39 is 11.6 Å². The highest BCUT2D eigenvalue weighted by Gasteiger charge is 2.39. The first-order valence-electron chi connectivity index (χ1n) is 6.24. The van der Waals surface area contributed by atoms with Gasteiger partial charge in [0, 0.05) is 19.6 Å². The Labute approximate surface area is 107 Å². The molecule has 0 saturated carbocycles. The van der Waals surface area contributed by atoms with Crippen molar-refractivity contribution in [3.05, 3.63) is 35.4 Å². The molecule has 1 aromatic rings. The van der Waals surface area contributed by atoms with Gasteiger partial charge in [0.05, 0.1) is 0 Å². The van der Waals surface area contributed by atoms with Crippen molar-refractivity contribution in [2.24, 2.45) is 0 Å². The van der Waals surface area contributed by atoms with E-state index in [0.717, 1.165) is 6.54 Å². The summed E-state index contributed by atoms with van der Waals surface area (Å²) in [6.07, 6.45) is 0.600. The molecule has 0 bridgehead atoms. The number of carbonyl (C=O) groups is 1. The summed E-state index contributed by atoms with van der Waals surface area (Å²) < 4.78 is 0. The third-order valence-electron chi connectivity index (χ3n) is 3.74. The van der Waals surface area contributed by atoms with Crippen molar-refractivity contribution in [1.29, 1.82) is 0 Å². The number of benzene rings is 1. The molecule has 1 heterocycles. The second kappa shape index (κ2) is 5.08. The summed E-state index contributed by atoms with van der Waals surface area (Å²) in [5.74, 6) is -1.10. The Morgan fingerprint density at radius 2 is 1.94 bits per heavy atom. The first kappa shape index (κ1) is 13.1. The van der Waals surface area contributed by atoms with E-state index in [4.69, 9.17) is 5.11 Å². The number of hydrogen-bond donors (Lipinski definition) is 2. The van der Waals surface area contributed by atoms with Crippen molar-refractivity contribution in [3.63, 3.8) is 0 Å². The van der Waals surface area contributed by atoms with Crippen LogP contribution in [-0.2, 0) is 11.3 Å². The summed E-state index contributed by atoms with van der Waals surface area (Å²) >= 11 is 0. The van der Waals surface area contributed by atoms with E-state index in [2.05, 4.69) is 24.0 Å². The first-order valence-corrected chi connectivity index (χ1v) is 6.24. The Balaban J connectivity index is 1.95. The summed E-state index contributed by atoms with van der Waals surface area (Å²) in [4.78, 5) is 13.1. The quantitative estimate of drug-likeness (QED) is 0.850. The summed E-state index contributed by atoms with van der Waals surface area (Å²) in [5.41, 5.74) is 0.984. The van der Waals surface area contributed by atoms with E-state index in [1.54, 1.807) is 0 Å². The van der Waals surface area contributed by atoms with Crippen LogP contribution in [0, 0.1) is 6.92 Å². The molecule has 0 atom stereocenters. The molecule has 4 nitrogen and oxygen atoms in total. The van der Waals surface area contributed by atoms with Crippen LogP contribution >= 0.6 is 0 Å². The maximum Gasteiger partial charge on any atom is 0.335 e. The number of aliphatic hydroxyl groups is 1. The largest absolute Gasteiger partial charge is 0.479 e. The van der Waals surface area contributed by atoms with E-state index >= 15 is 0 Å². The van der Waals surface area contributed by atoms with E-state index in [-0.39, 0.29) is 0 Å². The minimum atomic E-state index is -1.53. The van der Waals surface area contributed by atoms with Crippen molar-refractivity contribution in [2.75, 3.05) is 13.1 Å². The zero-order valence-corrected chi connectivity index (χ0v) is 10.6. The van der Waals surface area contributed by atoms with E-state index in [1.165, 1.54) is 11.1 Å². The molecule has 0 amide bonds. The summed E-state index contributed by atoms with van der Waals surface area (Å²) in [5, 5.41) is 18.8. The summed E-state index contributed by atoms with van der Waals surface area (Å²) in [6.45, 7) is 4.14. The van der Waals surface area contributed by atoms with Crippen LogP contribution < -0.4 is 0 Å². The topological polar surface area (TPSA) is 60.8 Å². The van der Waals surface area contributed by atoms with Gasteiger partial charge in [-0.25, -0.2) is 4.79 Å². The van der Waals surface area contributed by atoms with E-state index in [9.17, 15) is 9.90 Å². The molecule has 1 aliphatic rings. The highest BCUT2D eigenvalue weighted by molar-refractivity contribution is 5.77. The molecule has 98 valence electrons. The van der Waals surface area contributed by atoms with Gasteiger partial charge in [0.2, 0.25) is 0 Å². The van der Waals surface area contributed by atoms with Crippen LogP contribution in [-0.4, -0.2) is 39.8 Å². The SMILES string of the molecule is Cc1ccccc1CN1CCC(O)(C(=O)O)CC1. The van der Waals surface area contributed by atoms with Gasteiger partial charge < -0.3 is 10.2 Å². The zero-order chi connectivity index (χ0) is 13.2. The normalized spacial score (nSPS) is 19.7. The van der Waals surface area contributed by atoms with Gasteiger partial charge in [0.25, 0.3) is 0 Å². The van der Waals surface area contributed by atoms with Crippen molar-refractivity contribution in [1.82, 2.24) is 4.90 Å². The number of rotatable bonds is 3. The van der Waals surface area contributed by atoms with Gasteiger partial charge >= 0.3 is 5.97 Å². The van der Waals surface area contributed by atoms with Gasteiger partial charge in [-0.15, -0.1) is 0 Å². The van der Waals surface area contributed by atoms with E-state index in [0.29, 0.717) is 25.9 Å². The number of carboxylic acids is 1. The molecular formula is C14H19NO3. The highest BCUT2D eigenvalue weighted by Crippen LogP contribution is 2.24. The molecule has 0 radical (unpaired) electrons. The molecule has 0 aliphatic carbocycles. The fourth-order valence-corrected chi connectivity index (χ4v) is 2.32. The maximum atomic E-state index is 10.9. The van der Waals surface area contributed by atoms with Crippen molar-refractivity contribution >= 4 is 5.97 Å². The number of piperidine rings is 1. The van der Waals surface area contributed by atoms with Gasteiger partial charge in [-0.1, -0.05) is 24.3 Å². The predicted molar refractivity (Wildman–Crippen MR) is 68.3 cm³/mol. The third kappa shape index (κ3) is 2.71. The summed E-state index contributed by atoms with van der Waals surface area (Å²) in [6, 6.07) is 8.19. The molecule has 4 heteroatoms. The molecule has 0 spiro atoms. The van der Waals surface area contributed by atoms with Crippen molar-refractivity contribution in [3.8, 4) is 0 Å². The van der Waals surface area contributed by atoms with E-state index in [1.807, 2.05) is 12.1 Å². The smallest absolute Gasteiger partial charge is 0.335 e. The Morgan fingerprint density at radius 3 is 2.50 bits per heavy atom. The number of aliphatic carboxylic acids is 1. The van der Waals surface area contributed by atoms with Gasteiger partial charge in [0.15, 0.2) is 5.60 Å². The monoisotopic (exact) mass is 249 g/mol. The number of likely N-dealkylation sites (tertiary alicyclic amines) is 1. The minimum Gasteiger partial charge on any atom is -0.479 e. The molecule has 1 fully saturated rings. The third-order valence-corrected chi connectivity index (χ3v) is 3.74. The van der Waals surface area contributed by atoms with Crippen LogP contribution in [0.4, 0.5) is 0 Å². The maximum absolute atomic E-state index is 10.9. The lowest BCUT2D eigenvalue weighted by molar-refractivity contribution is -0.163. The van der Waals surface area contributed by atoms with Gasteiger partial charge in [0.1, 0.15) is 0 Å². The Hall–Kier alpha value is -1.39. The molecule has 0 unspecified atom stereocenters. The minimum absolute atomic E-state index is 0.300. The molecule has 0 aromatic heterocycles. The number of aryl methyl sites for hydroxylation is 1. The average Bonchev–Trinajstić information content (AvgIpc) is 2.35. The van der Waals surface area contributed by atoms with Gasteiger partial charge in [-0.3, -0.25) is 4.90 Å². The second-order valence-corrected chi connectivity index (χ2v) is 5.04. The first-order chi connectivity index (χ1) is 8.51. The lowest BCUT2D eigenvalue weighted by Crippen LogP contribution is -2.49. The number of hydrogen-bond acceptors (Lipinski definition) is 3. The van der Waals surface area contributed by atoms with Crippen LogP contribution in [0.3, 0.4) is 0 Å². The average molecular weight is 249 g/mol. The molecule has 2 N–H and O–H groups in total. The lowest BCUT2D eigenvalue weighted by atomic mass is 9.91. The molecular weight excluding hydrogens is 230 g/mol. The van der Waals surface area contributed by atoms with Crippen LogP contribution in [0.15, 0.2) is 24.3 Å². The molecule has 1 saturated heterocycles. The van der Waals surface area contributed by atoms with Crippen molar-refractivity contribution < 1.29 is 15.0 Å². The Morgan fingerprint density at radius 1 is 1.33 bits per heavy atom. The molecule has 1 aliphatic heterocycles. The highest BCUT2D eigenvalue weighted by atomic mass is 16.4. The fraction of sp³-hybridized carbons (Fsp3) is 0.500. The molecule has 18 heavy (non-hydrogen) atoms. The number of nitrogens with zero attached hydrogens (tertiary/aromatic N) is 1. The van der Waals surface area contributed by atoms with Crippen LogP contribution in [0.1, 0.15) is 24.0 Å². The van der Waals surface area contributed by atoms with Crippen LogP contribution in [0.2, 0.25) is 0 Å². The van der Waals surface area contributed by atoms with Crippen molar-refractivity contribution in [2.45, 2.75) is 31.9 Å². The summed E-state index contributed by atoms with van der Waals surface area (Å²) in [7, 11) is 0. The van der Waals surface area contributed by atoms with Crippen LogP contribution in [0.5, 0.6) is 0 Å². The second-order valence-electron chi connectivity index (χ2n) is 5.04. The fourth-order valence-electron chi connectivity index (χ4n) is 2.32. The lowest BCUT2D eigenvalue weighted by Gasteiger charge is -2.35. The Kier molecular flexibility index (Phi) is 3.68. The molecule has 2 rings (SSSR count). The standard InChI is InChI=1S/C14H19NO3/c1-11-4-2-3-5-12(11)10-15-8-6-14(18,7-9-15)13(16)17/h2-5,18H,6-10H2,1H3,(H,16,17). The van der Waals surface area contributed by atoms with Crippen LogP contribution in [0.25, 0.3) is 0 Å². The zero-order valence-electron chi connectivity index (χ0n) is 10.6. The predicted octanol–water partition coefficient (Wildman–Crippen LogP) is 1.41.